The van der Waals surface area contributed by atoms with Crippen molar-refractivity contribution >= 4 is 23.5 Å². The molecule has 0 saturated heterocycles. The Morgan fingerprint density at radius 3 is 2.42 bits per heavy atom. The van der Waals surface area contributed by atoms with Gasteiger partial charge >= 0.3 is 143 Å². The Balaban J connectivity index is 0.000000818. The van der Waals surface area contributed by atoms with Crippen LogP contribution in [-0.4, -0.2) is 6.65 Å². The van der Waals surface area contributed by atoms with E-state index >= 15 is 0 Å². The van der Waals surface area contributed by atoms with Gasteiger partial charge in [-0.2, -0.15) is 0 Å². The molecule has 137 valence electrons. The molecule has 0 bridgehead atoms. The SMILES string of the molecule is CC.C[SiH2][Zr+2]([C]1=CC=CC1)[CH]1C(C)=Cc2c1ccc1ccccc21.[Cl-].[Cl-]. The van der Waals surface area contributed by atoms with E-state index in [4.69, 9.17) is 0 Å². The quantitative estimate of drug-likeness (QED) is 0.539. The molecule has 4 heteroatoms. The van der Waals surface area contributed by atoms with Gasteiger partial charge in [0.2, 0.25) is 0 Å². The number of fused-ring (bicyclic) bond motifs is 3. The van der Waals surface area contributed by atoms with Crippen molar-refractivity contribution in [1.29, 1.82) is 0 Å². The smallest absolute Gasteiger partial charge is 1.00 e. The molecule has 2 aliphatic carbocycles. The van der Waals surface area contributed by atoms with Crippen LogP contribution in [0.1, 0.15) is 41.9 Å². The Hall–Kier alpha value is -0.400. The third kappa shape index (κ3) is 4.36. The first-order chi connectivity index (χ1) is 11.8. The van der Waals surface area contributed by atoms with Crippen molar-refractivity contribution in [3.63, 3.8) is 0 Å². The predicted octanol–water partition coefficient (Wildman–Crippen LogP) is -0.0741. The van der Waals surface area contributed by atoms with Crippen LogP contribution in [0.4, 0.5) is 0 Å². The Labute approximate surface area is 180 Å². The zero-order valence-corrected chi connectivity index (χ0v) is 21.4. The van der Waals surface area contributed by atoms with Gasteiger partial charge in [-0.3, -0.25) is 0 Å². The summed E-state index contributed by atoms with van der Waals surface area (Å²) in [6.07, 6.45) is 10.8. The van der Waals surface area contributed by atoms with Crippen LogP contribution in [0, 0.1) is 0 Å². The van der Waals surface area contributed by atoms with Gasteiger partial charge in [0, 0.05) is 0 Å². The molecule has 1 unspecified atom stereocenters. The van der Waals surface area contributed by atoms with Gasteiger partial charge in [0.15, 0.2) is 0 Å². The van der Waals surface area contributed by atoms with Gasteiger partial charge in [-0.1, -0.05) is 13.8 Å². The molecule has 0 N–H and O–H groups in total. The summed E-state index contributed by atoms with van der Waals surface area (Å²) in [7, 11) is 0. The molecule has 2 aromatic carbocycles. The maximum Gasteiger partial charge on any atom is -1.00 e. The Morgan fingerprint density at radius 2 is 1.77 bits per heavy atom. The largest absolute Gasteiger partial charge is 1.00 e. The molecule has 4 rings (SSSR count). The van der Waals surface area contributed by atoms with E-state index in [2.05, 4.69) is 74.2 Å². The minimum Gasteiger partial charge on any atom is -1.00 e. The maximum atomic E-state index is 2.56. The zero-order valence-electron chi connectivity index (χ0n) is 16.0. The van der Waals surface area contributed by atoms with Crippen molar-refractivity contribution in [2.24, 2.45) is 0 Å². The van der Waals surface area contributed by atoms with Crippen molar-refractivity contribution in [3.8, 4) is 0 Å². The molecule has 0 saturated carbocycles. The Bertz CT molecular complexity index is 839. The standard InChI is InChI=1S/C14H11.C5H5.C2H6.CH5Si.2ClH.Zr/c1-10-8-12-7-6-11-4-2-3-5-13(11)14(12)9-10;1-2-4-5-3-1;2*1-2;;;/h2-9H,1H3;1-3H,4H2;1-2H3;2H2,1H3;2*1H;/q;;;;;;+2/p-2. The maximum absolute atomic E-state index is 2.56. The van der Waals surface area contributed by atoms with Gasteiger partial charge in [0.05, 0.1) is 0 Å². The fraction of sp³-hybridized carbons (Fsp3) is 0.273. The van der Waals surface area contributed by atoms with E-state index < -0.39 is 20.9 Å². The molecule has 0 fully saturated rings. The van der Waals surface area contributed by atoms with Crippen LogP contribution in [-0.2, 0) is 20.9 Å². The average molecular weight is 482 g/mol. The van der Waals surface area contributed by atoms with Crippen molar-refractivity contribution in [3.05, 3.63) is 74.6 Å². The molecule has 2 aromatic rings. The first-order valence-electron chi connectivity index (χ1n) is 9.21. The molecule has 0 radical (unpaired) electrons. The van der Waals surface area contributed by atoms with Gasteiger partial charge in [0.25, 0.3) is 0 Å². The van der Waals surface area contributed by atoms with Crippen LogP contribution in [0.3, 0.4) is 0 Å². The van der Waals surface area contributed by atoms with Crippen LogP contribution in [0.25, 0.3) is 16.8 Å². The predicted molar refractivity (Wildman–Crippen MR) is 108 cm³/mol. The summed E-state index contributed by atoms with van der Waals surface area (Å²) in [4.78, 5) is 0. The van der Waals surface area contributed by atoms with Crippen LogP contribution in [0.15, 0.2) is 63.5 Å². The van der Waals surface area contributed by atoms with E-state index in [-0.39, 0.29) is 31.5 Å². The van der Waals surface area contributed by atoms with Crippen LogP contribution >= 0.6 is 0 Å². The normalized spacial score (nSPS) is 17.0. The number of halogens is 2. The van der Waals surface area contributed by atoms with Gasteiger partial charge in [0.1, 0.15) is 0 Å². The second-order valence-electron chi connectivity index (χ2n) is 6.31. The summed E-state index contributed by atoms with van der Waals surface area (Å²) in [5, 5.41) is 2.83. The first-order valence-corrected chi connectivity index (χ1v) is 19.2. The van der Waals surface area contributed by atoms with Crippen molar-refractivity contribution in [1.82, 2.24) is 0 Å². The van der Waals surface area contributed by atoms with Crippen LogP contribution < -0.4 is 24.8 Å². The van der Waals surface area contributed by atoms with Gasteiger partial charge in [-0.15, -0.1) is 0 Å². The van der Waals surface area contributed by atoms with E-state index in [9.17, 15) is 0 Å². The molecule has 26 heavy (non-hydrogen) atoms. The van der Waals surface area contributed by atoms with Crippen LogP contribution in [0.5, 0.6) is 0 Å². The van der Waals surface area contributed by atoms with Crippen LogP contribution in [0.2, 0.25) is 6.55 Å². The number of rotatable bonds is 3. The number of hydrogen-bond acceptors (Lipinski definition) is 0. The zero-order chi connectivity index (χ0) is 17.1. The number of hydrogen-bond donors (Lipinski definition) is 0. The van der Waals surface area contributed by atoms with E-state index in [0.717, 1.165) is 3.63 Å². The summed E-state index contributed by atoms with van der Waals surface area (Å²) < 4.78 is 2.67. The summed E-state index contributed by atoms with van der Waals surface area (Å²) in [5.41, 5.74) is 4.81. The Morgan fingerprint density at radius 1 is 1.04 bits per heavy atom. The summed E-state index contributed by atoms with van der Waals surface area (Å²) in [5.74, 6) is 0. The topological polar surface area (TPSA) is 0 Å². The molecule has 0 spiro atoms. The summed E-state index contributed by atoms with van der Waals surface area (Å²) >= 11 is -1.49. The third-order valence-electron chi connectivity index (χ3n) is 5.06. The molecule has 1 atom stereocenters. The molecule has 0 aromatic heterocycles. The number of allylic oxidation sites excluding steroid dienone is 5. The van der Waals surface area contributed by atoms with E-state index in [1.165, 1.54) is 22.8 Å². The second kappa shape index (κ2) is 10.8. The summed E-state index contributed by atoms with van der Waals surface area (Å²) in [6.45, 7) is 9.03. The molecule has 0 nitrogen and oxygen atoms in total. The van der Waals surface area contributed by atoms with E-state index in [1.54, 1.807) is 11.1 Å². The number of benzene rings is 2. The van der Waals surface area contributed by atoms with Gasteiger partial charge in [-0.25, -0.2) is 0 Å². The fourth-order valence-corrected chi connectivity index (χ4v) is 21.7. The molecule has 0 amide bonds. The average Bonchev–Trinajstić information content (AvgIpc) is 3.26. The molecular formula is C22H27Cl2SiZr. The van der Waals surface area contributed by atoms with Crippen molar-refractivity contribution < 1.29 is 45.7 Å². The van der Waals surface area contributed by atoms with Gasteiger partial charge in [-0.05, 0) is 0 Å². The molecule has 2 aliphatic rings. The molecule has 0 heterocycles. The van der Waals surface area contributed by atoms with E-state index in [0.29, 0.717) is 0 Å². The first kappa shape index (κ1) is 23.6. The minimum atomic E-state index is -1.49. The molecule has 0 aliphatic heterocycles. The Kier molecular flexibility index (Phi) is 9.83. The summed E-state index contributed by atoms with van der Waals surface area (Å²) in [6, 6.07) is 13.6. The van der Waals surface area contributed by atoms with E-state index in [1.807, 2.05) is 17.1 Å². The minimum absolute atomic E-state index is 0. The molecular weight excluding hydrogens is 454 g/mol. The fourth-order valence-electron chi connectivity index (χ4n) is 4.05. The van der Waals surface area contributed by atoms with Crippen molar-refractivity contribution in [2.45, 2.75) is 37.4 Å². The monoisotopic (exact) mass is 479 g/mol. The second-order valence-corrected chi connectivity index (χ2v) is 22.3. The third-order valence-corrected chi connectivity index (χ3v) is 23.1. The van der Waals surface area contributed by atoms with Crippen molar-refractivity contribution in [2.75, 3.05) is 0 Å². The van der Waals surface area contributed by atoms with Gasteiger partial charge < -0.3 is 24.8 Å².